The average Bonchev–Trinajstić information content (AvgIpc) is 2.08. The first kappa shape index (κ1) is 10.2. The van der Waals surface area contributed by atoms with Crippen LogP contribution in [-0.4, -0.2) is 17.9 Å². The molecule has 0 aliphatic heterocycles. The van der Waals surface area contributed by atoms with Crippen LogP contribution in [0.5, 0.6) is 0 Å². The monoisotopic (exact) mass is 182 g/mol. The van der Waals surface area contributed by atoms with Crippen molar-refractivity contribution in [3.8, 4) is 0 Å². The molecule has 0 saturated heterocycles. The van der Waals surface area contributed by atoms with Crippen LogP contribution in [0.25, 0.3) is 0 Å². The summed E-state index contributed by atoms with van der Waals surface area (Å²) in [7, 11) is 0. The fourth-order valence-corrected chi connectivity index (χ4v) is 1.29. The summed E-state index contributed by atoms with van der Waals surface area (Å²) in [5.41, 5.74) is 2.11. The highest BCUT2D eigenvalue weighted by Crippen LogP contribution is 2.07. The third-order valence-electron chi connectivity index (χ3n) is 1.94. The molecule has 1 atom stereocenters. The van der Waals surface area contributed by atoms with Gasteiger partial charge in [-0.05, 0) is 24.5 Å². The first-order chi connectivity index (χ1) is 6.22. The molecule has 1 rings (SSSR count). The minimum absolute atomic E-state index is 0.310. The molecule has 1 aromatic carbocycles. The molecule has 1 nitrogen and oxygen atoms in total. The lowest BCUT2D eigenvalue weighted by atomic mass is 10.1. The van der Waals surface area contributed by atoms with Crippen LogP contribution < -0.4 is 0 Å². The van der Waals surface area contributed by atoms with E-state index in [1.165, 1.54) is 0 Å². The summed E-state index contributed by atoms with van der Waals surface area (Å²) in [6, 6.07) is 7.71. The van der Waals surface area contributed by atoms with Gasteiger partial charge in [-0.25, -0.2) is 0 Å². The molecule has 0 fully saturated rings. The van der Waals surface area contributed by atoms with Gasteiger partial charge in [0.25, 0.3) is 0 Å². The Labute approximate surface area is 78.2 Å². The summed E-state index contributed by atoms with van der Waals surface area (Å²) in [6.07, 6.45) is 0.831. The lowest BCUT2D eigenvalue weighted by molar-refractivity contribution is 0.195. The average molecular weight is 182 g/mol. The number of hydrogen-bond donors (Lipinski definition) is 1. The molecular weight excluding hydrogens is 167 g/mol. The number of hydrogen-bond acceptors (Lipinski definition) is 1. The van der Waals surface area contributed by atoms with Crippen LogP contribution in [0.2, 0.25) is 0 Å². The summed E-state index contributed by atoms with van der Waals surface area (Å²) in [4.78, 5) is 0. The Morgan fingerprint density at radius 1 is 1.23 bits per heavy atom. The third-order valence-corrected chi connectivity index (χ3v) is 1.94. The third kappa shape index (κ3) is 3.55. The minimum atomic E-state index is -0.313. The number of benzene rings is 1. The zero-order valence-corrected chi connectivity index (χ0v) is 7.83. The van der Waals surface area contributed by atoms with Crippen LogP contribution >= 0.6 is 0 Å². The molecule has 0 saturated carbocycles. The second kappa shape index (κ2) is 4.97. The molecule has 0 amide bonds. The predicted molar refractivity (Wildman–Crippen MR) is 51.5 cm³/mol. The Bertz CT molecular complexity index is 241. The van der Waals surface area contributed by atoms with E-state index in [4.69, 9.17) is 5.11 Å². The number of halogens is 1. The fourth-order valence-electron chi connectivity index (χ4n) is 1.29. The number of rotatable bonds is 4. The van der Waals surface area contributed by atoms with Gasteiger partial charge >= 0.3 is 0 Å². The van der Waals surface area contributed by atoms with Crippen molar-refractivity contribution < 1.29 is 9.50 Å². The van der Waals surface area contributed by atoms with Gasteiger partial charge in [0, 0.05) is 6.42 Å². The van der Waals surface area contributed by atoms with E-state index in [0.717, 1.165) is 11.1 Å². The summed E-state index contributed by atoms with van der Waals surface area (Å²) >= 11 is 0. The molecule has 2 heteroatoms. The highest BCUT2D eigenvalue weighted by Gasteiger charge is 1.98. The van der Waals surface area contributed by atoms with E-state index >= 15 is 0 Å². The van der Waals surface area contributed by atoms with Gasteiger partial charge in [0.05, 0.1) is 12.8 Å². The fraction of sp³-hybridized carbons (Fsp3) is 0.455. The SMILES string of the molecule is CC(O)Cc1ccc(CCF)cc1. The standard InChI is InChI=1S/C11H15FO/c1-9(13)8-11-4-2-10(3-5-11)6-7-12/h2-5,9,13H,6-8H2,1H3. The number of aryl methyl sites for hydroxylation is 1. The Morgan fingerprint density at radius 3 is 2.23 bits per heavy atom. The van der Waals surface area contributed by atoms with Crippen molar-refractivity contribution in [3.05, 3.63) is 35.4 Å². The molecule has 13 heavy (non-hydrogen) atoms. The zero-order chi connectivity index (χ0) is 9.68. The molecule has 1 unspecified atom stereocenters. The minimum Gasteiger partial charge on any atom is -0.393 e. The summed E-state index contributed by atoms with van der Waals surface area (Å²) < 4.78 is 11.9. The molecule has 0 aliphatic rings. The van der Waals surface area contributed by atoms with E-state index in [-0.39, 0.29) is 12.8 Å². The van der Waals surface area contributed by atoms with Crippen LogP contribution in [0, 0.1) is 0 Å². The Hall–Kier alpha value is -0.890. The van der Waals surface area contributed by atoms with Crippen LogP contribution in [0.1, 0.15) is 18.1 Å². The smallest absolute Gasteiger partial charge is 0.0934 e. The van der Waals surface area contributed by atoms with Crippen molar-refractivity contribution in [3.63, 3.8) is 0 Å². The number of alkyl halides is 1. The maximum atomic E-state index is 11.9. The van der Waals surface area contributed by atoms with E-state index in [1.54, 1.807) is 6.92 Å². The Morgan fingerprint density at radius 2 is 1.77 bits per heavy atom. The van der Waals surface area contributed by atoms with Gasteiger partial charge < -0.3 is 5.11 Å². The van der Waals surface area contributed by atoms with Gasteiger partial charge in [-0.15, -0.1) is 0 Å². The molecule has 72 valence electrons. The lowest BCUT2D eigenvalue weighted by Gasteiger charge is -2.04. The normalized spacial score (nSPS) is 12.8. The molecule has 0 spiro atoms. The van der Waals surface area contributed by atoms with E-state index in [0.29, 0.717) is 12.8 Å². The van der Waals surface area contributed by atoms with Crippen molar-refractivity contribution in [1.29, 1.82) is 0 Å². The van der Waals surface area contributed by atoms with Gasteiger partial charge in [0.1, 0.15) is 0 Å². The topological polar surface area (TPSA) is 20.2 Å². The highest BCUT2D eigenvalue weighted by atomic mass is 19.1. The molecular formula is C11H15FO. The van der Waals surface area contributed by atoms with Gasteiger partial charge in [-0.2, -0.15) is 0 Å². The second-order valence-electron chi connectivity index (χ2n) is 3.31. The maximum Gasteiger partial charge on any atom is 0.0934 e. The zero-order valence-electron chi connectivity index (χ0n) is 7.83. The van der Waals surface area contributed by atoms with Crippen LogP contribution in [0.3, 0.4) is 0 Å². The quantitative estimate of drug-likeness (QED) is 0.756. The number of aliphatic hydroxyl groups excluding tert-OH is 1. The van der Waals surface area contributed by atoms with Crippen molar-refractivity contribution in [2.24, 2.45) is 0 Å². The van der Waals surface area contributed by atoms with Crippen LogP contribution in [-0.2, 0) is 12.8 Å². The van der Waals surface area contributed by atoms with Gasteiger partial charge in [0.2, 0.25) is 0 Å². The molecule has 1 N–H and O–H groups in total. The maximum absolute atomic E-state index is 11.9. The first-order valence-corrected chi connectivity index (χ1v) is 4.54. The molecule has 1 aromatic rings. The van der Waals surface area contributed by atoms with Crippen molar-refractivity contribution >= 4 is 0 Å². The Balaban J connectivity index is 2.59. The van der Waals surface area contributed by atoms with Crippen LogP contribution in [0.15, 0.2) is 24.3 Å². The van der Waals surface area contributed by atoms with Gasteiger partial charge in [-0.1, -0.05) is 24.3 Å². The first-order valence-electron chi connectivity index (χ1n) is 4.54. The molecule has 0 radical (unpaired) electrons. The van der Waals surface area contributed by atoms with Crippen molar-refractivity contribution in [2.45, 2.75) is 25.9 Å². The second-order valence-corrected chi connectivity index (χ2v) is 3.31. The summed E-state index contributed by atoms with van der Waals surface area (Å²) in [6.45, 7) is 1.45. The molecule has 0 aromatic heterocycles. The van der Waals surface area contributed by atoms with E-state index in [9.17, 15) is 4.39 Å². The highest BCUT2D eigenvalue weighted by molar-refractivity contribution is 5.23. The summed E-state index contributed by atoms with van der Waals surface area (Å²) in [5, 5.41) is 9.12. The van der Waals surface area contributed by atoms with E-state index < -0.39 is 0 Å². The molecule has 0 aliphatic carbocycles. The predicted octanol–water partition coefficient (Wildman–Crippen LogP) is 2.12. The summed E-state index contributed by atoms with van der Waals surface area (Å²) in [5.74, 6) is 0. The van der Waals surface area contributed by atoms with Crippen LogP contribution in [0.4, 0.5) is 4.39 Å². The largest absolute Gasteiger partial charge is 0.393 e. The lowest BCUT2D eigenvalue weighted by Crippen LogP contribution is -2.03. The Kier molecular flexibility index (Phi) is 3.90. The van der Waals surface area contributed by atoms with E-state index in [2.05, 4.69) is 0 Å². The van der Waals surface area contributed by atoms with Gasteiger partial charge in [0.15, 0.2) is 0 Å². The van der Waals surface area contributed by atoms with Crippen molar-refractivity contribution in [1.82, 2.24) is 0 Å². The molecule has 0 heterocycles. The van der Waals surface area contributed by atoms with E-state index in [1.807, 2.05) is 24.3 Å². The molecule has 0 bridgehead atoms. The van der Waals surface area contributed by atoms with Crippen molar-refractivity contribution in [2.75, 3.05) is 6.67 Å². The van der Waals surface area contributed by atoms with Gasteiger partial charge in [-0.3, -0.25) is 4.39 Å². The number of aliphatic hydroxyl groups is 1.